The predicted octanol–water partition coefficient (Wildman–Crippen LogP) is 6.42. The van der Waals surface area contributed by atoms with E-state index in [0.29, 0.717) is 25.2 Å². The molecule has 40 heavy (non-hydrogen) atoms. The summed E-state index contributed by atoms with van der Waals surface area (Å²) in [6.45, 7) is 11.0. The van der Waals surface area contributed by atoms with E-state index in [9.17, 15) is 9.59 Å². The van der Waals surface area contributed by atoms with Crippen LogP contribution in [0.15, 0.2) is 90.6 Å². The van der Waals surface area contributed by atoms with Crippen molar-refractivity contribution in [3.8, 4) is 5.75 Å². The van der Waals surface area contributed by atoms with Crippen LogP contribution < -0.4 is 9.64 Å². The van der Waals surface area contributed by atoms with Crippen molar-refractivity contribution in [3.63, 3.8) is 0 Å². The minimum atomic E-state index is -0.678. The Hall–Kier alpha value is -4.13. The SMILES string of the molecule is CC.CC.CC1CN(c2ccccc2)C(=O)C2Cc3ccccc3OC3=CC(=CCC3)Cn3cncc3C(=O)N12. The van der Waals surface area contributed by atoms with E-state index in [1.807, 2.05) is 93.8 Å². The van der Waals surface area contributed by atoms with Crippen LogP contribution in [0.5, 0.6) is 5.75 Å². The summed E-state index contributed by atoms with van der Waals surface area (Å²) in [5, 5.41) is 0. The molecule has 2 unspecified atom stereocenters. The molecule has 3 heterocycles. The average molecular weight is 541 g/mol. The Morgan fingerprint density at radius 3 is 2.45 bits per heavy atom. The number of carbonyl (C=O) groups is 2. The number of hydrogen-bond acceptors (Lipinski definition) is 4. The molecule has 7 heteroatoms. The van der Waals surface area contributed by atoms with Gasteiger partial charge >= 0.3 is 0 Å². The summed E-state index contributed by atoms with van der Waals surface area (Å²) in [6.07, 6.45) is 9.58. The largest absolute Gasteiger partial charge is 0.461 e. The Labute approximate surface area is 237 Å². The van der Waals surface area contributed by atoms with Crippen LogP contribution in [-0.2, 0) is 17.8 Å². The number of carbonyl (C=O) groups excluding carboxylic acids is 2. The van der Waals surface area contributed by atoms with Crippen molar-refractivity contribution < 1.29 is 14.3 Å². The molecule has 0 saturated carbocycles. The Morgan fingerprint density at radius 2 is 1.68 bits per heavy atom. The van der Waals surface area contributed by atoms with Crippen LogP contribution in [-0.4, -0.2) is 44.9 Å². The number of piperazine rings is 1. The highest BCUT2D eigenvalue weighted by atomic mass is 16.5. The summed E-state index contributed by atoms with van der Waals surface area (Å²) < 4.78 is 8.27. The molecule has 2 bridgehead atoms. The molecular formula is C33H40N4O3. The number of ether oxygens (including phenoxy) is 1. The third kappa shape index (κ3) is 5.88. The van der Waals surface area contributed by atoms with Gasteiger partial charge in [0.2, 0.25) is 5.91 Å². The van der Waals surface area contributed by atoms with Crippen molar-refractivity contribution in [2.45, 2.75) is 72.5 Å². The van der Waals surface area contributed by atoms with Gasteiger partial charge in [-0.25, -0.2) is 4.98 Å². The molecule has 0 radical (unpaired) electrons. The molecule has 2 amide bonds. The summed E-state index contributed by atoms with van der Waals surface area (Å²) >= 11 is 0. The van der Waals surface area contributed by atoms with Gasteiger partial charge in [0.1, 0.15) is 23.2 Å². The first-order valence-electron chi connectivity index (χ1n) is 14.4. The van der Waals surface area contributed by atoms with Gasteiger partial charge in [0, 0.05) is 37.7 Å². The summed E-state index contributed by atoms with van der Waals surface area (Å²) in [5.74, 6) is 1.35. The summed E-state index contributed by atoms with van der Waals surface area (Å²) in [6, 6.07) is 16.6. The Balaban J connectivity index is 0.000000886. The fourth-order valence-corrected chi connectivity index (χ4v) is 5.42. The maximum Gasteiger partial charge on any atom is 0.273 e. The number of imidazole rings is 1. The van der Waals surface area contributed by atoms with Gasteiger partial charge in [0.25, 0.3) is 5.91 Å². The van der Waals surface area contributed by atoms with E-state index in [-0.39, 0.29) is 17.9 Å². The third-order valence-corrected chi connectivity index (χ3v) is 7.17. The van der Waals surface area contributed by atoms with Crippen molar-refractivity contribution in [3.05, 3.63) is 102 Å². The van der Waals surface area contributed by atoms with E-state index in [4.69, 9.17) is 4.74 Å². The van der Waals surface area contributed by atoms with E-state index >= 15 is 0 Å². The number of allylic oxidation sites excluding steroid dienone is 4. The van der Waals surface area contributed by atoms with E-state index in [1.165, 1.54) is 0 Å². The first kappa shape index (κ1) is 28.9. The maximum atomic E-state index is 14.0. The number of hydrogen-bond donors (Lipinski definition) is 0. The van der Waals surface area contributed by atoms with Crippen molar-refractivity contribution >= 4 is 17.5 Å². The molecule has 0 spiro atoms. The number of benzene rings is 2. The van der Waals surface area contributed by atoms with Gasteiger partial charge in [0.15, 0.2) is 0 Å². The second kappa shape index (κ2) is 13.3. The quantitative estimate of drug-likeness (QED) is 0.357. The van der Waals surface area contributed by atoms with Crippen LogP contribution >= 0.6 is 0 Å². The number of rotatable bonds is 1. The molecule has 6 rings (SSSR count). The lowest BCUT2D eigenvalue weighted by Gasteiger charge is -2.45. The molecule has 1 fully saturated rings. The molecule has 2 atom stereocenters. The van der Waals surface area contributed by atoms with Crippen molar-refractivity contribution in [2.75, 3.05) is 11.4 Å². The minimum absolute atomic E-state index is 0.0935. The highest BCUT2D eigenvalue weighted by molar-refractivity contribution is 6.03. The van der Waals surface area contributed by atoms with Crippen LogP contribution in [0.25, 0.3) is 0 Å². The molecule has 1 aromatic heterocycles. The Morgan fingerprint density at radius 1 is 0.950 bits per heavy atom. The van der Waals surface area contributed by atoms with Crippen molar-refractivity contribution in [1.29, 1.82) is 0 Å². The van der Waals surface area contributed by atoms with Gasteiger partial charge in [-0.05, 0) is 48.8 Å². The number of fused-ring (bicyclic) bond motifs is 4. The van der Waals surface area contributed by atoms with Crippen LogP contribution in [0.1, 0.15) is 63.5 Å². The molecule has 7 nitrogen and oxygen atoms in total. The van der Waals surface area contributed by atoms with Crippen LogP contribution in [0.2, 0.25) is 0 Å². The van der Waals surface area contributed by atoms with Gasteiger partial charge < -0.3 is 19.1 Å². The zero-order valence-electron chi connectivity index (χ0n) is 24.2. The molecule has 0 N–H and O–H groups in total. The standard InChI is InChI=1S/C29H28N4O3.2C2H6/c1-20-17-32(23-10-3-2-4-11-23)28(34)25-15-22-9-5-6-13-27(22)36-24-12-7-8-21(14-24)18-31-19-30-16-26(31)29(35)33(20)25;2*1-2/h2-6,8-11,13-14,16,19-20,25H,7,12,15,17-18H2,1H3;2*1-2H3. The first-order chi connectivity index (χ1) is 19.6. The smallest absolute Gasteiger partial charge is 0.273 e. The van der Waals surface area contributed by atoms with E-state index in [2.05, 4.69) is 17.1 Å². The lowest BCUT2D eigenvalue weighted by molar-refractivity contribution is -0.126. The minimum Gasteiger partial charge on any atom is -0.461 e. The van der Waals surface area contributed by atoms with Crippen molar-refractivity contribution in [2.24, 2.45) is 0 Å². The molecule has 3 aromatic rings. The third-order valence-electron chi connectivity index (χ3n) is 7.17. The van der Waals surface area contributed by atoms with Gasteiger partial charge in [-0.2, -0.15) is 0 Å². The highest BCUT2D eigenvalue weighted by Crippen LogP contribution is 2.32. The summed E-state index contributed by atoms with van der Waals surface area (Å²) in [4.78, 5) is 35.9. The van der Waals surface area contributed by atoms with Crippen molar-refractivity contribution in [1.82, 2.24) is 14.5 Å². The summed E-state index contributed by atoms with van der Waals surface area (Å²) in [7, 11) is 0. The monoisotopic (exact) mass is 540 g/mol. The predicted molar refractivity (Wildman–Crippen MR) is 159 cm³/mol. The number of aromatic nitrogens is 2. The molecule has 210 valence electrons. The van der Waals surface area contributed by atoms with Crippen LogP contribution in [0, 0.1) is 0 Å². The van der Waals surface area contributed by atoms with Crippen LogP contribution in [0.3, 0.4) is 0 Å². The maximum absolute atomic E-state index is 14.0. The Bertz CT molecular complexity index is 1380. The van der Waals surface area contributed by atoms with E-state index in [0.717, 1.165) is 41.2 Å². The molecule has 2 aromatic carbocycles. The van der Waals surface area contributed by atoms with Gasteiger partial charge in [-0.3, -0.25) is 9.59 Å². The zero-order chi connectivity index (χ0) is 28.6. The molecular weight excluding hydrogens is 500 g/mol. The topological polar surface area (TPSA) is 67.7 Å². The number of anilines is 1. The lowest BCUT2D eigenvalue weighted by Crippen LogP contribution is -2.63. The van der Waals surface area contributed by atoms with Gasteiger partial charge in [0.05, 0.1) is 12.5 Å². The van der Waals surface area contributed by atoms with E-state index < -0.39 is 6.04 Å². The first-order valence-corrected chi connectivity index (χ1v) is 14.4. The second-order valence-corrected chi connectivity index (χ2v) is 9.61. The molecule has 1 saturated heterocycles. The number of amides is 2. The number of para-hydroxylation sites is 2. The number of nitrogens with zero attached hydrogens (tertiary/aromatic N) is 4. The fraction of sp³-hybridized carbons (Fsp3) is 0.364. The van der Waals surface area contributed by atoms with Gasteiger partial charge in [-0.15, -0.1) is 0 Å². The van der Waals surface area contributed by atoms with E-state index in [1.54, 1.807) is 22.3 Å². The van der Waals surface area contributed by atoms with Crippen LogP contribution in [0.4, 0.5) is 5.69 Å². The average Bonchev–Trinajstić information content (AvgIpc) is 3.46. The molecule has 1 aliphatic carbocycles. The fourth-order valence-electron chi connectivity index (χ4n) is 5.42. The highest BCUT2D eigenvalue weighted by Gasteiger charge is 2.43. The van der Waals surface area contributed by atoms with Gasteiger partial charge in [-0.1, -0.05) is 70.2 Å². The Kier molecular flexibility index (Phi) is 9.59. The molecule has 2 aliphatic heterocycles. The second-order valence-electron chi connectivity index (χ2n) is 9.61. The molecule has 3 aliphatic rings. The normalized spacial score (nSPS) is 20.1. The lowest BCUT2D eigenvalue weighted by atomic mass is 9.96. The zero-order valence-corrected chi connectivity index (χ0v) is 24.2. The summed E-state index contributed by atoms with van der Waals surface area (Å²) in [5.41, 5.74) is 3.31.